The summed E-state index contributed by atoms with van der Waals surface area (Å²) in [5, 5.41) is 0. The molecule has 11 heteroatoms. The molecule has 0 bridgehead atoms. The van der Waals surface area contributed by atoms with Gasteiger partial charge in [0.1, 0.15) is 22.7 Å². The Morgan fingerprint density at radius 3 is 2.31 bits per heavy atom. The van der Waals surface area contributed by atoms with E-state index < -0.39 is 27.2 Å². The lowest BCUT2D eigenvalue weighted by molar-refractivity contribution is 0.407. The van der Waals surface area contributed by atoms with Crippen LogP contribution in [0.25, 0.3) is 22.6 Å². The molecule has 0 saturated heterocycles. The number of para-hydroxylation sites is 1. The first kappa shape index (κ1) is 22.4. The molecule has 176 valence electrons. The number of nitrogens with one attached hydrogen (secondary N) is 1. The molecule has 0 aliphatic heterocycles. The third-order valence-corrected chi connectivity index (χ3v) is 6.08. The van der Waals surface area contributed by atoms with E-state index in [4.69, 9.17) is 9.47 Å². The van der Waals surface area contributed by atoms with Crippen LogP contribution in [-0.4, -0.2) is 34.6 Å². The molecule has 35 heavy (non-hydrogen) atoms. The normalized spacial score (nSPS) is 11.5. The van der Waals surface area contributed by atoms with Gasteiger partial charge in [0.15, 0.2) is 38.8 Å². The molecule has 3 aromatic carbocycles. The Bertz CT molecular complexity index is 1620. The molecule has 8 nitrogen and oxygen atoms in total. The van der Waals surface area contributed by atoms with E-state index in [9.17, 15) is 17.2 Å². The molecule has 5 rings (SSSR count). The van der Waals surface area contributed by atoms with Gasteiger partial charge in [-0.25, -0.2) is 27.2 Å². The molecule has 2 heterocycles. The third-order valence-electron chi connectivity index (χ3n) is 4.95. The average molecular weight is 494 g/mol. The summed E-state index contributed by atoms with van der Waals surface area (Å²) >= 11 is 0. The Balaban J connectivity index is 1.59. The number of ether oxygens (including phenoxy) is 2. The highest BCUT2D eigenvalue weighted by atomic mass is 32.2. The SMILES string of the molecule is CS(=O)(=O)c1ccc(Oc2cc(Oc3c(F)cccc3F)c3nc(-c4cnccn4)[nH]c3c2)cc1. The number of rotatable bonds is 6. The quantitative estimate of drug-likeness (QED) is 0.342. The molecule has 0 unspecified atom stereocenters. The van der Waals surface area contributed by atoms with Gasteiger partial charge in [0.2, 0.25) is 0 Å². The van der Waals surface area contributed by atoms with Crippen molar-refractivity contribution in [1.82, 2.24) is 19.9 Å². The van der Waals surface area contributed by atoms with Gasteiger partial charge in [0, 0.05) is 30.8 Å². The number of hydrogen-bond acceptors (Lipinski definition) is 7. The maximum absolute atomic E-state index is 14.3. The van der Waals surface area contributed by atoms with E-state index in [0.29, 0.717) is 22.8 Å². The van der Waals surface area contributed by atoms with Gasteiger partial charge >= 0.3 is 0 Å². The minimum absolute atomic E-state index is 0.0284. The molecule has 0 atom stereocenters. The first-order valence-electron chi connectivity index (χ1n) is 10.2. The van der Waals surface area contributed by atoms with Crippen LogP contribution in [0.4, 0.5) is 8.78 Å². The number of aromatic amines is 1. The van der Waals surface area contributed by atoms with Crippen molar-refractivity contribution in [2.45, 2.75) is 4.90 Å². The second kappa shape index (κ2) is 8.76. The van der Waals surface area contributed by atoms with Gasteiger partial charge < -0.3 is 14.5 Å². The molecule has 1 N–H and O–H groups in total. The van der Waals surface area contributed by atoms with Gasteiger partial charge in [0.25, 0.3) is 0 Å². The van der Waals surface area contributed by atoms with Crippen LogP contribution in [0.5, 0.6) is 23.0 Å². The first-order valence-corrected chi connectivity index (χ1v) is 12.1. The van der Waals surface area contributed by atoms with Gasteiger partial charge in [-0.2, -0.15) is 0 Å². The molecule has 0 fully saturated rings. The smallest absolute Gasteiger partial charge is 0.198 e. The molecule has 2 aromatic heterocycles. The Labute approximate surface area is 198 Å². The summed E-state index contributed by atoms with van der Waals surface area (Å²) in [6, 6.07) is 12.3. The van der Waals surface area contributed by atoms with Crippen molar-refractivity contribution in [1.29, 1.82) is 0 Å². The van der Waals surface area contributed by atoms with Crippen LogP contribution in [0.1, 0.15) is 0 Å². The summed E-state index contributed by atoms with van der Waals surface area (Å²) in [5.74, 6) is -1.37. The standard InChI is InChI=1S/C24H16F2N4O4S/c1-35(31,32)16-7-5-14(6-8-16)33-15-11-19-22(30-24(29-19)20-13-27-9-10-28-20)21(12-15)34-23-17(25)3-2-4-18(23)26/h2-13H,1H3,(H,29,30). The number of hydrogen-bond donors (Lipinski definition) is 1. The van der Waals surface area contributed by atoms with Crippen LogP contribution < -0.4 is 9.47 Å². The highest BCUT2D eigenvalue weighted by Crippen LogP contribution is 2.37. The maximum atomic E-state index is 14.3. The number of benzene rings is 3. The van der Waals surface area contributed by atoms with Crippen molar-refractivity contribution in [2.24, 2.45) is 0 Å². The van der Waals surface area contributed by atoms with E-state index in [-0.39, 0.29) is 21.9 Å². The predicted molar refractivity (Wildman–Crippen MR) is 123 cm³/mol. The zero-order chi connectivity index (χ0) is 24.6. The lowest BCUT2D eigenvalue weighted by Crippen LogP contribution is -1.96. The Kier molecular flexibility index (Phi) is 5.61. The van der Waals surface area contributed by atoms with Gasteiger partial charge in [-0.1, -0.05) is 6.07 Å². The van der Waals surface area contributed by atoms with Crippen LogP contribution in [-0.2, 0) is 9.84 Å². The van der Waals surface area contributed by atoms with E-state index in [1.54, 1.807) is 6.07 Å². The molecule has 0 amide bonds. The van der Waals surface area contributed by atoms with Crippen LogP contribution in [0.15, 0.2) is 78.1 Å². The monoisotopic (exact) mass is 494 g/mol. The fraction of sp³-hybridized carbons (Fsp3) is 0.0417. The minimum Gasteiger partial charge on any atom is -0.457 e. The summed E-state index contributed by atoms with van der Waals surface area (Å²) in [6.07, 6.45) is 5.64. The van der Waals surface area contributed by atoms with Crippen LogP contribution in [0.2, 0.25) is 0 Å². The van der Waals surface area contributed by atoms with E-state index >= 15 is 0 Å². The van der Waals surface area contributed by atoms with Crippen molar-refractivity contribution in [3.05, 3.63) is 84.8 Å². The molecular weight excluding hydrogens is 478 g/mol. The number of nitrogens with zero attached hydrogens (tertiary/aromatic N) is 3. The van der Waals surface area contributed by atoms with Crippen molar-refractivity contribution >= 4 is 20.9 Å². The molecular formula is C24H16F2N4O4S. The largest absolute Gasteiger partial charge is 0.457 e. The number of fused-ring (bicyclic) bond motifs is 1. The Morgan fingerprint density at radius 2 is 1.66 bits per heavy atom. The van der Waals surface area contributed by atoms with Crippen LogP contribution in [0.3, 0.4) is 0 Å². The van der Waals surface area contributed by atoms with Gasteiger partial charge in [0.05, 0.1) is 16.6 Å². The lowest BCUT2D eigenvalue weighted by atomic mass is 10.2. The van der Waals surface area contributed by atoms with Crippen molar-refractivity contribution < 1.29 is 26.7 Å². The van der Waals surface area contributed by atoms with Gasteiger partial charge in [-0.05, 0) is 36.4 Å². The first-order chi connectivity index (χ1) is 16.8. The zero-order valence-corrected chi connectivity index (χ0v) is 18.9. The Morgan fingerprint density at radius 1 is 0.914 bits per heavy atom. The second-order valence-electron chi connectivity index (χ2n) is 7.49. The van der Waals surface area contributed by atoms with Crippen LogP contribution in [0, 0.1) is 11.6 Å². The average Bonchev–Trinajstić information content (AvgIpc) is 3.26. The van der Waals surface area contributed by atoms with E-state index in [1.807, 2.05) is 0 Å². The summed E-state index contributed by atoms with van der Waals surface area (Å²) < 4.78 is 63.5. The number of imidazole rings is 1. The zero-order valence-electron chi connectivity index (χ0n) is 18.1. The Hall–Kier alpha value is -4.38. The summed E-state index contributed by atoms with van der Waals surface area (Å²) in [4.78, 5) is 15.9. The summed E-state index contributed by atoms with van der Waals surface area (Å²) in [7, 11) is -3.37. The van der Waals surface area contributed by atoms with E-state index in [2.05, 4.69) is 19.9 Å². The number of halogens is 2. The van der Waals surface area contributed by atoms with E-state index in [1.165, 1.54) is 55.0 Å². The van der Waals surface area contributed by atoms with Gasteiger partial charge in [-0.3, -0.25) is 4.98 Å². The molecule has 0 aliphatic rings. The minimum atomic E-state index is -3.37. The number of sulfone groups is 1. The van der Waals surface area contributed by atoms with Gasteiger partial charge in [-0.15, -0.1) is 0 Å². The fourth-order valence-corrected chi connectivity index (χ4v) is 3.95. The van der Waals surface area contributed by atoms with E-state index in [0.717, 1.165) is 18.4 Å². The number of H-pyrrole nitrogens is 1. The lowest BCUT2D eigenvalue weighted by Gasteiger charge is -2.11. The fourth-order valence-electron chi connectivity index (χ4n) is 3.32. The topological polar surface area (TPSA) is 107 Å². The maximum Gasteiger partial charge on any atom is 0.198 e. The highest BCUT2D eigenvalue weighted by Gasteiger charge is 2.18. The van der Waals surface area contributed by atoms with Crippen molar-refractivity contribution in [2.75, 3.05) is 6.26 Å². The molecule has 0 radical (unpaired) electrons. The summed E-state index contributed by atoms with van der Waals surface area (Å²) in [5.41, 5.74) is 1.18. The highest BCUT2D eigenvalue weighted by molar-refractivity contribution is 7.90. The summed E-state index contributed by atoms with van der Waals surface area (Å²) in [6.45, 7) is 0. The van der Waals surface area contributed by atoms with Crippen molar-refractivity contribution in [3.63, 3.8) is 0 Å². The van der Waals surface area contributed by atoms with Crippen molar-refractivity contribution in [3.8, 4) is 34.5 Å². The molecule has 5 aromatic rings. The molecule has 0 saturated carbocycles. The predicted octanol–water partition coefficient (Wildman–Crippen LogP) is 5.29. The molecule has 0 aliphatic carbocycles. The molecule has 0 spiro atoms. The third kappa shape index (κ3) is 4.66. The van der Waals surface area contributed by atoms with Crippen LogP contribution >= 0.6 is 0 Å². The second-order valence-corrected chi connectivity index (χ2v) is 9.51. The number of aromatic nitrogens is 4.